The van der Waals surface area contributed by atoms with Crippen LogP contribution >= 0.6 is 0 Å². The SMILES string of the molecule is O=C(NCC(c1ccc(F)cc1)N1CCOCC1)C1CCN(S(=O)(=O)c2ccc3ccccc3c2)CC1. The van der Waals surface area contributed by atoms with Gasteiger partial charge in [0.2, 0.25) is 15.9 Å². The maximum Gasteiger partial charge on any atom is 0.243 e. The van der Waals surface area contributed by atoms with Crippen molar-refractivity contribution in [2.24, 2.45) is 5.92 Å². The third kappa shape index (κ3) is 5.85. The van der Waals surface area contributed by atoms with Crippen molar-refractivity contribution in [3.63, 3.8) is 0 Å². The highest BCUT2D eigenvalue weighted by Gasteiger charge is 2.33. The van der Waals surface area contributed by atoms with Gasteiger partial charge in [0.15, 0.2) is 0 Å². The molecule has 0 radical (unpaired) electrons. The molecule has 1 amide bonds. The zero-order valence-electron chi connectivity index (χ0n) is 20.7. The van der Waals surface area contributed by atoms with Gasteiger partial charge in [-0.1, -0.05) is 42.5 Å². The molecule has 3 aromatic rings. The van der Waals surface area contributed by atoms with Gasteiger partial charge in [-0.2, -0.15) is 4.31 Å². The van der Waals surface area contributed by atoms with Gasteiger partial charge in [0.05, 0.1) is 24.2 Å². The van der Waals surface area contributed by atoms with Crippen molar-refractivity contribution < 1.29 is 22.3 Å². The number of amides is 1. The van der Waals surface area contributed by atoms with Crippen LogP contribution in [-0.4, -0.2) is 69.5 Å². The second-order valence-electron chi connectivity index (χ2n) is 9.65. The molecule has 196 valence electrons. The van der Waals surface area contributed by atoms with Crippen molar-refractivity contribution in [1.29, 1.82) is 0 Å². The fraction of sp³-hybridized carbons (Fsp3) is 0.393. The van der Waals surface area contributed by atoms with E-state index in [0.29, 0.717) is 45.7 Å². The minimum absolute atomic E-state index is 0.0666. The summed E-state index contributed by atoms with van der Waals surface area (Å²) in [6, 6.07) is 19.2. The highest BCUT2D eigenvalue weighted by atomic mass is 32.2. The molecule has 0 aliphatic carbocycles. The molecule has 0 aromatic heterocycles. The first-order valence-corrected chi connectivity index (χ1v) is 14.2. The molecule has 0 bridgehead atoms. The van der Waals surface area contributed by atoms with Gasteiger partial charge in [-0.05, 0) is 53.4 Å². The summed E-state index contributed by atoms with van der Waals surface area (Å²) in [7, 11) is -3.63. The Bertz CT molecular complexity index is 1340. The van der Waals surface area contributed by atoms with Gasteiger partial charge in [-0.25, -0.2) is 12.8 Å². The lowest BCUT2D eigenvalue weighted by Crippen LogP contribution is -2.46. The number of carbonyl (C=O) groups is 1. The third-order valence-corrected chi connectivity index (χ3v) is 9.29. The van der Waals surface area contributed by atoms with Crippen LogP contribution in [0.5, 0.6) is 0 Å². The average molecular weight is 526 g/mol. The van der Waals surface area contributed by atoms with Crippen molar-refractivity contribution in [2.45, 2.75) is 23.8 Å². The number of sulfonamides is 1. The van der Waals surface area contributed by atoms with E-state index in [0.717, 1.165) is 29.4 Å². The summed E-state index contributed by atoms with van der Waals surface area (Å²) in [6.07, 6.45) is 0.939. The largest absolute Gasteiger partial charge is 0.379 e. The Morgan fingerprint density at radius 1 is 0.946 bits per heavy atom. The predicted octanol–water partition coefficient (Wildman–Crippen LogP) is 3.57. The Balaban J connectivity index is 1.20. The van der Waals surface area contributed by atoms with E-state index in [1.54, 1.807) is 24.3 Å². The lowest BCUT2D eigenvalue weighted by Gasteiger charge is -2.35. The van der Waals surface area contributed by atoms with Crippen molar-refractivity contribution in [2.75, 3.05) is 45.9 Å². The maximum atomic E-state index is 13.5. The molecule has 2 fully saturated rings. The van der Waals surface area contributed by atoms with E-state index in [4.69, 9.17) is 4.74 Å². The first-order chi connectivity index (χ1) is 17.9. The summed E-state index contributed by atoms with van der Waals surface area (Å²) < 4.78 is 47.0. The van der Waals surface area contributed by atoms with Crippen molar-refractivity contribution in [3.8, 4) is 0 Å². The molecular formula is C28H32FN3O4S. The van der Waals surface area contributed by atoms with E-state index in [1.165, 1.54) is 16.4 Å². The number of fused-ring (bicyclic) bond motifs is 1. The number of morpholine rings is 1. The van der Waals surface area contributed by atoms with Crippen LogP contribution in [0, 0.1) is 11.7 Å². The Kier molecular flexibility index (Phi) is 7.85. The maximum absolute atomic E-state index is 13.5. The monoisotopic (exact) mass is 525 g/mol. The number of nitrogens with one attached hydrogen (secondary N) is 1. The van der Waals surface area contributed by atoms with E-state index < -0.39 is 10.0 Å². The fourth-order valence-corrected chi connectivity index (χ4v) is 6.71. The number of piperidine rings is 1. The molecule has 37 heavy (non-hydrogen) atoms. The van der Waals surface area contributed by atoms with E-state index in [2.05, 4.69) is 10.2 Å². The molecule has 9 heteroatoms. The number of nitrogens with zero attached hydrogens (tertiary/aromatic N) is 2. The summed E-state index contributed by atoms with van der Waals surface area (Å²) in [5.74, 6) is -0.608. The zero-order chi connectivity index (χ0) is 25.8. The van der Waals surface area contributed by atoms with Crippen molar-refractivity contribution >= 4 is 26.7 Å². The van der Waals surface area contributed by atoms with E-state index in [-0.39, 0.29) is 28.6 Å². The lowest BCUT2D eigenvalue weighted by atomic mass is 9.96. The second kappa shape index (κ2) is 11.3. The summed E-state index contributed by atoms with van der Waals surface area (Å²) in [4.78, 5) is 15.6. The van der Waals surface area contributed by atoms with Crippen LogP contribution in [0.4, 0.5) is 4.39 Å². The number of hydrogen-bond acceptors (Lipinski definition) is 5. The molecule has 2 saturated heterocycles. The van der Waals surface area contributed by atoms with Gasteiger partial charge in [-0.15, -0.1) is 0 Å². The van der Waals surface area contributed by atoms with E-state index >= 15 is 0 Å². The van der Waals surface area contributed by atoms with Gasteiger partial charge >= 0.3 is 0 Å². The molecule has 7 nitrogen and oxygen atoms in total. The molecule has 5 rings (SSSR count). The molecule has 0 spiro atoms. The molecule has 1 N–H and O–H groups in total. The second-order valence-corrected chi connectivity index (χ2v) is 11.6. The first-order valence-electron chi connectivity index (χ1n) is 12.8. The normalized spacial score (nSPS) is 19.1. The first kappa shape index (κ1) is 25.8. The zero-order valence-corrected chi connectivity index (χ0v) is 21.5. The van der Waals surface area contributed by atoms with Crippen molar-refractivity contribution in [3.05, 3.63) is 78.1 Å². The van der Waals surface area contributed by atoms with Gasteiger partial charge in [0, 0.05) is 38.6 Å². The van der Waals surface area contributed by atoms with Crippen LogP contribution in [0.1, 0.15) is 24.4 Å². The van der Waals surface area contributed by atoms with Crippen LogP contribution in [0.3, 0.4) is 0 Å². The summed E-state index contributed by atoms with van der Waals surface area (Å²) in [6.45, 7) is 3.73. The minimum atomic E-state index is -3.63. The number of benzene rings is 3. The molecule has 2 heterocycles. The molecule has 2 aliphatic heterocycles. The molecule has 2 aliphatic rings. The highest BCUT2D eigenvalue weighted by molar-refractivity contribution is 7.89. The van der Waals surface area contributed by atoms with Crippen LogP contribution in [-0.2, 0) is 19.6 Å². The quantitative estimate of drug-likeness (QED) is 0.510. The number of halogens is 1. The number of carbonyl (C=O) groups excluding carboxylic acids is 1. The van der Waals surface area contributed by atoms with E-state index in [9.17, 15) is 17.6 Å². The Morgan fingerprint density at radius 2 is 1.62 bits per heavy atom. The number of rotatable bonds is 7. The third-order valence-electron chi connectivity index (χ3n) is 7.39. The minimum Gasteiger partial charge on any atom is -0.379 e. The van der Waals surface area contributed by atoms with E-state index in [1.807, 2.05) is 30.3 Å². The van der Waals surface area contributed by atoms with Gasteiger partial charge in [0.1, 0.15) is 5.82 Å². The predicted molar refractivity (Wildman–Crippen MR) is 140 cm³/mol. The van der Waals surface area contributed by atoms with Gasteiger partial charge < -0.3 is 10.1 Å². The van der Waals surface area contributed by atoms with Crippen LogP contribution in [0.15, 0.2) is 71.6 Å². The number of ether oxygens (including phenoxy) is 1. The Hall–Kier alpha value is -2.85. The van der Waals surface area contributed by atoms with Gasteiger partial charge in [0.25, 0.3) is 0 Å². The van der Waals surface area contributed by atoms with Crippen LogP contribution in [0.2, 0.25) is 0 Å². The van der Waals surface area contributed by atoms with Gasteiger partial charge in [-0.3, -0.25) is 9.69 Å². The van der Waals surface area contributed by atoms with Crippen LogP contribution in [0.25, 0.3) is 10.8 Å². The topological polar surface area (TPSA) is 79.0 Å². The molecule has 0 saturated carbocycles. The number of hydrogen-bond donors (Lipinski definition) is 1. The molecule has 3 aromatic carbocycles. The summed E-state index contributed by atoms with van der Waals surface area (Å²) in [5.41, 5.74) is 0.944. The Labute approximate surface area is 217 Å². The van der Waals surface area contributed by atoms with Crippen LogP contribution < -0.4 is 5.32 Å². The molecule has 1 unspecified atom stereocenters. The summed E-state index contributed by atoms with van der Waals surface area (Å²) >= 11 is 0. The highest BCUT2D eigenvalue weighted by Crippen LogP contribution is 2.27. The fourth-order valence-electron chi connectivity index (χ4n) is 5.21. The lowest BCUT2D eigenvalue weighted by molar-refractivity contribution is -0.126. The Morgan fingerprint density at radius 3 is 2.32 bits per heavy atom. The smallest absolute Gasteiger partial charge is 0.243 e. The molecular weight excluding hydrogens is 493 g/mol. The average Bonchev–Trinajstić information content (AvgIpc) is 2.94. The van der Waals surface area contributed by atoms with Crippen molar-refractivity contribution in [1.82, 2.24) is 14.5 Å². The molecule has 1 atom stereocenters. The summed E-state index contributed by atoms with van der Waals surface area (Å²) in [5, 5.41) is 4.96. The standard InChI is InChI=1S/C28H32FN3O4S/c29-25-8-5-22(6-9-25)27(31-15-17-36-18-16-31)20-30-28(33)23-11-13-32(14-12-23)37(34,35)26-10-7-21-3-1-2-4-24(21)19-26/h1-10,19,23,27H,11-18,20H2,(H,30,33).